The minimum absolute atomic E-state index is 0.352. The highest BCUT2D eigenvalue weighted by Gasteiger charge is 2.09. The minimum Gasteiger partial charge on any atom is -0.399 e. The standard InChI is InChI=1S/C25H25N/c1-18(12-13-21-8-5-4-6-9-21)25-15-14-23(16-19(25)2)20(3)22-10-7-11-24(26)17-22/h4-18H,3,26H2,1-2H3/b13-12+. The van der Waals surface area contributed by atoms with Gasteiger partial charge in [0.2, 0.25) is 0 Å². The molecule has 3 aromatic carbocycles. The fourth-order valence-corrected chi connectivity index (χ4v) is 3.19. The molecular weight excluding hydrogens is 314 g/mol. The van der Waals surface area contributed by atoms with Crippen molar-refractivity contribution < 1.29 is 0 Å². The van der Waals surface area contributed by atoms with E-state index in [2.05, 4.69) is 75.0 Å². The van der Waals surface area contributed by atoms with Crippen LogP contribution in [0.3, 0.4) is 0 Å². The number of benzene rings is 3. The highest BCUT2D eigenvalue weighted by Crippen LogP contribution is 2.28. The van der Waals surface area contributed by atoms with Gasteiger partial charge in [-0.3, -0.25) is 0 Å². The molecule has 0 radical (unpaired) electrons. The lowest BCUT2D eigenvalue weighted by Gasteiger charge is -2.14. The molecule has 3 rings (SSSR count). The van der Waals surface area contributed by atoms with Crippen LogP contribution < -0.4 is 5.73 Å². The molecule has 0 saturated carbocycles. The molecular formula is C25H25N. The largest absolute Gasteiger partial charge is 0.399 e. The number of aryl methyl sites for hydroxylation is 1. The molecule has 0 aliphatic carbocycles. The molecule has 130 valence electrons. The summed E-state index contributed by atoms with van der Waals surface area (Å²) in [6, 6.07) is 24.9. The molecule has 1 heteroatoms. The van der Waals surface area contributed by atoms with Crippen molar-refractivity contribution in [3.8, 4) is 0 Å². The second kappa shape index (κ2) is 7.88. The van der Waals surface area contributed by atoms with Crippen molar-refractivity contribution in [3.63, 3.8) is 0 Å². The van der Waals surface area contributed by atoms with Gasteiger partial charge in [0.15, 0.2) is 0 Å². The van der Waals surface area contributed by atoms with Crippen LogP contribution in [0.2, 0.25) is 0 Å². The van der Waals surface area contributed by atoms with Crippen molar-refractivity contribution in [1.82, 2.24) is 0 Å². The summed E-state index contributed by atoms with van der Waals surface area (Å²) in [5.41, 5.74) is 13.7. The second-order valence-electron chi connectivity index (χ2n) is 6.73. The lowest BCUT2D eigenvalue weighted by molar-refractivity contribution is 0.956. The summed E-state index contributed by atoms with van der Waals surface area (Å²) in [7, 11) is 0. The monoisotopic (exact) mass is 339 g/mol. The van der Waals surface area contributed by atoms with Crippen molar-refractivity contribution in [1.29, 1.82) is 0 Å². The predicted molar refractivity (Wildman–Crippen MR) is 114 cm³/mol. The number of allylic oxidation sites excluding steroid dienone is 1. The van der Waals surface area contributed by atoms with Gasteiger partial charge in [0.25, 0.3) is 0 Å². The van der Waals surface area contributed by atoms with Gasteiger partial charge in [-0.15, -0.1) is 0 Å². The Morgan fingerprint density at radius 3 is 2.35 bits per heavy atom. The molecule has 26 heavy (non-hydrogen) atoms. The average Bonchev–Trinajstić information content (AvgIpc) is 2.66. The van der Waals surface area contributed by atoms with Crippen LogP contribution in [0.5, 0.6) is 0 Å². The molecule has 0 aliphatic rings. The zero-order valence-electron chi connectivity index (χ0n) is 15.4. The molecule has 3 aromatic rings. The molecule has 0 saturated heterocycles. The molecule has 1 atom stereocenters. The number of hydrogen-bond donors (Lipinski definition) is 1. The highest BCUT2D eigenvalue weighted by molar-refractivity contribution is 5.79. The van der Waals surface area contributed by atoms with Gasteiger partial charge in [0, 0.05) is 5.69 Å². The van der Waals surface area contributed by atoms with E-state index >= 15 is 0 Å². The number of hydrogen-bond acceptors (Lipinski definition) is 1. The predicted octanol–water partition coefficient (Wildman–Crippen LogP) is 6.46. The van der Waals surface area contributed by atoms with E-state index in [1.54, 1.807) is 0 Å². The Labute approximate surface area is 156 Å². The summed E-state index contributed by atoms with van der Waals surface area (Å²) in [5.74, 6) is 0.352. The third-order valence-electron chi connectivity index (χ3n) is 4.72. The van der Waals surface area contributed by atoms with Gasteiger partial charge in [-0.25, -0.2) is 0 Å². The summed E-state index contributed by atoms with van der Waals surface area (Å²) in [6.07, 6.45) is 4.44. The number of rotatable bonds is 5. The minimum atomic E-state index is 0.352. The zero-order valence-corrected chi connectivity index (χ0v) is 15.4. The number of anilines is 1. The van der Waals surface area contributed by atoms with Gasteiger partial charge in [-0.2, -0.15) is 0 Å². The fourth-order valence-electron chi connectivity index (χ4n) is 3.19. The van der Waals surface area contributed by atoms with Crippen molar-refractivity contribution in [2.24, 2.45) is 0 Å². The third kappa shape index (κ3) is 4.12. The van der Waals surface area contributed by atoms with Gasteiger partial charge in [-0.1, -0.05) is 86.3 Å². The van der Waals surface area contributed by atoms with E-state index in [0.29, 0.717) is 5.92 Å². The van der Waals surface area contributed by atoms with E-state index in [9.17, 15) is 0 Å². The Bertz CT molecular complexity index is 935. The summed E-state index contributed by atoms with van der Waals surface area (Å²) in [6.45, 7) is 8.65. The van der Waals surface area contributed by atoms with Crippen LogP contribution >= 0.6 is 0 Å². The molecule has 0 fully saturated rings. The summed E-state index contributed by atoms with van der Waals surface area (Å²) >= 11 is 0. The SMILES string of the molecule is C=C(c1cccc(N)c1)c1ccc(C(C)/C=C/c2ccccc2)c(C)c1. The van der Waals surface area contributed by atoms with Crippen LogP contribution in [0.15, 0.2) is 85.5 Å². The first-order chi connectivity index (χ1) is 12.5. The van der Waals surface area contributed by atoms with Crippen molar-refractivity contribution >= 4 is 17.3 Å². The van der Waals surface area contributed by atoms with Crippen LogP contribution in [0, 0.1) is 6.92 Å². The smallest absolute Gasteiger partial charge is 0.0320 e. The average molecular weight is 339 g/mol. The normalized spacial score (nSPS) is 12.2. The Balaban J connectivity index is 1.81. The third-order valence-corrected chi connectivity index (χ3v) is 4.72. The van der Waals surface area contributed by atoms with E-state index in [4.69, 9.17) is 5.73 Å². The molecule has 1 nitrogen and oxygen atoms in total. The number of nitrogens with two attached hydrogens (primary N) is 1. The molecule has 0 heterocycles. The van der Waals surface area contributed by atoms with E-state index in [-0.39, 0.29) is 0 Å². The summed E-state index contributed by atoms with van der Waals surface area (Å²) in [4.78, 5) is 0. The maximum Gasteiger partial charge on any atom is 0.0320 e. The van der Waals surface area contributed by atoms with E-state index in [1.165, 1.54) is 16.7 Å². The van der Waals surface area contributed by atoms with Gasteiger partial charge in [0.05, 0.1) is 0 Å². The Morgan fingerprint density at radius 1 is 0.923 bits per heavy atom. The molecule has 0 spiro atoms. The van der Waals surface area contributed by atoms with E-state index in [1.807, 2.05) is 30.3 Å². The van der Waals surface area contributed by atoms with Gasteiger partial charge in [0.1, 0.15) is 0 Å². The first kappa shape index (κ1) is 17.8. The number of nitrogen functional groups attached to an aromatic ring is 1. The van der Waals surface area contributed by atoms with Crippen molar-refractivity contribution in [2.45, 2.75) is 19.8 Å². The van der Waals surface area contributed by atoms with Gasteiger partial charge < -0.3 is 5.73 Å². The molecule has 0 aliphatic heterocycles. The molecule has 2 N–H and O–H groups in total. The van der Waals surface area contributed by atoms with E-state index < -0.39 is 0 Å². The van der Waals surface area contributed by atoms with Crippen molar-refractivity contribution in [2.75, 3.05) is 5.73 Å². The van der Waals surface area contributed by atoms with Crippen LogP contribution in [0.1, 0.15) is 40.7 Å². The van der Waals surface area contributed by atoms with Crippen LogP contribution in [-0.4, -0.2) is 0 Å². The molecule has 0 amide bonds. The zero-order chi connectivity index (χ0) is 18.5. The van der Waals surface area contributed by atoms with Crippen molar-refractivity contribution in [3.05, 3.63) is 113 Å². The lowest BCUT2D eigenvalue weighted by Crippen LogP contribution is -1.96. The molecule has 1 unspecified atom stereocenters. The molecule has 0 bridgehead atoms. The van der Waals surface area contributed by atoms with Crippen LogP contribution in [0.4, 0.5) is 5.69 Å². The highest BCUT2D eigenvalue weighted by atomic mass is 14.5. The molecule has 0 aromatic heterocycles. The van der Waals surface area contributed by atoms with Gasteiger partial charge >= 0.3 is 0 Å². The lowest BCUT2D eigenvalue weighted by atomic mass is 9.91. The summed E-state index contributed by atoms with van der Waals surface area (Å²) in [5, 5.41) is 0. The second-order valence-corrected chi connectivity index (χ2v) is 6.73. The Morgan fingerprint density at radius 2 is 1.65 bits per heavy atom. The van der Waals surface area contributed by atoms with Crippen LogP contribution in [0.25, 0.3) is 11.6 Å². The van der Waals surface area contributed by atoms with Gasteiger partial charge in [-0.05, 0) is 58.4 Å². The first-order valence-electron chi connectivity index (χ1n) is 8.93. The van der Waals surface area contributed by atoms with E-state index in [0.717, 1.165) is 22.4 Å². The summed E-state index contributed by atoms with van der Waals surface area (Å²) < 4.78 is 0. The first-order valence-corrected chi connectivity index (χ1v) is 8.93. The topological polar surface area (TPSA) is 26.0 Å². The quantitative estimate of drug-likeness (QED) is 0.531. The fraction of sp³-hybridized carbons (Fsp3) is 0.120. The Kier molecular flexibility index (Phi) is 5.38. The maximum absolute atomic E-state index is 5.90. The maximum atomic E-state index is 5.90. The Hall–Kier alpha value is -3.06. The van der Waals surface area contributed by atoms with Crippen LogP contribution in [-0.2, 0) is 0 Å².